The van der Waals surface area contributed by atoms with E-state index in [2.05, 4.69) is 4.37 Å². The number of hydrogen-bond acceptors (Lipinski definition) is 4. The van der Waals surface area contributed by atoms with E-state index >= 15 is 0 Å². The molecule has 0 radical (unpaired) electrons. The number of halogens is 5. The van der Waals surface area contributed by atoms with Gasteiger partial charge < -0.3 is 9.84 Å². The van der Waals surface area contributed by atoms with Gasteiger partial charge in [0.2, 0.25) is 0 Å². The molecular weight excluding hydrogens is 430 g/mol. The van der Waals surface area contributed by atoms with E-state index in [1.807, 2.05) is 0 Å². The Balaban J connectivity index is 1.89. The number of ether oxygens (including phenoxy) is 1. The van der Waals surface area contributed by atoms with Gasteiger partial charge in [0, 0.05) is 22.8 Å². The average molecular weight is 446 g/mol. The fraction of sp³-hybridized carbons (Fsp3) is 0.250. The van der Waals surface area contributed by atoms with Crippen molar-refractivity contribution in [2.24, 2.45) is 0 Å². The molecule has 0 fully saturated rings. The largest absolute Gasteiger partial charge is 0.483 e. The molecule has 0 unspecified atom stereocenters. The first-order chi connectivity index (χ1) is 13.9. The predicted octanol–water partition coefficient (Wildman–Crippen LogP) is 5.85. The van der Waals surface area contributed by atoms with E-state index in [1.54, 1.807) is 0 Å². The van der Waals surface area contributed by atoms with Gasteiger partial charge in [0.25, 0.3) is 0 Å². The summed E-state index contributed by atoms with van der Waals surface area (Å²) in [5.74, 6) is -3.10. The minimum absolute atomic E-state index is 0.0873. The SMILES string of the molecule is OCCCc1cc(F)c(OCc2c(-c3ccc(Cl)cc3F)nsc2CF)c(F)c1. The summed E-state index contributed by atoms with van der Waals surface area (Å²) in [5, 5.41) is 9.02. The molecule has 0 aliphatic carbocycles. The lowest BCUT2D eigenvalue weighted by Crippen LogP contribution is -2.04. The number of nitrogens with zero attached hydrogens (tertiary/aromatic N) is 1. The zero-order valence-corrected chi connectivity index (χ0v) is 16.6. The summed E-state index contributed by atoms with van der Waals surface area (Å²) in [6.07, 6.45) is 0.681. The van der Waals surface area contributed by atoms with E-state index in [1.165, 1.54) is 12.1 Å². The highest BCUT2D eigenvalue weighted by atomic mass is 35.5. The molecule has 2 aromatic carbocycles. The van der Waals surface area contributed by atoms with Gasteiger partial charge in [-0.05, 0) is 60.3 Å². The maximum absolute atomic E-state index is 14.3. The van der Waals surface area contributed by atoms with E-state index in [4.69, 9.17) is 21.4 Å². The van der Waals surface area contributed by atoms with Gasteiger partial charge in [-0.2, -0.15) is 4.37 Å². The molecule has 0 aliphatic rings. The number of benzene rings is 2. The molecule has 1 N–H and O–H groups in total. The van der Waals surface area contributed by atoms with Crippen LogP contribution in [0, 0.1) is 17.5 Å². The van der Waals surface area contributed by atoms with E-state index < -0.39 is 36.5 Å². The Kier molecular flexibility index (Phi) is 7.10. The van der Waals surface area contributed by atoms with E-state index in [0.717, 1.165) is 29.7 Å². The molecule has 9 heteroatoms. The van der Waals surface area contributed by atoms with Gasteiger partial charge in [0.1, 0.15) is 19.1 Å². The molecule has 1 heterocycles. The van der Waals surface area contributed by atoms with E-state index in [-0.39, 0.29) is 33.3 Å². The lowest BCUT2D eigenvalue weighted by molar-refractivity contribution is 0.272. The molecule has 0 atom stereocenters. The van der Waals surface area contributed by atoms with Crippen molar-refractivity contribution in [2.75, 3.05) is 6.61 Å². The second kappa shape index (κ2) is 9.56. The highest BCUT2D eigenvalue weighted by molar-refractivity contribution is 7.06. The van der Waals surface area contributed by atoms with Gasteiger partial charge in [-0.25, -0.2) is 17.6 Å². The van der Waals surface area contributed by atoms with Crippen molar-refractivity contribution >= 4 is 23.1 Å². The molecular formula is C20H16ClF4NO2S. The van der Waals surface area contributed by atoms with Crippen molar-refractivity contribution in [1.29, 1.82) is 0 Å². The molecule has 3 rings (SSSR count). The van der Waals surface area contributed by atoms with Gasteiger partial charge in [-0.3, -0.25) is 0 Å². The Morgan fingerprint density at radius 1 is 1.07 bits per heavy atom. The van der Waals surface area contributed by atoms with Crippen molar-refractivity contribution in [3.63, 3.8) is 0 Å². The van der Waals surface area contributed by atoms with Gasteiger partial charge >= 0.3 is 0 Å². The lowest BCUT2D eigenvalue weighted by atomic mass is 10.1. The fourth-order valence-electron chi connectivity index (χ4n) is 2.81. The van der Waals surface area contributed by atoms with Crippen LogP contribution in [0.2, 0.25) is 5.02 Å². The molecule has 3 aromatic rings. The number of aromatic nitrogens is 1. The topological polar surface area (TPSA) is 42.4 Å². The summed E-state index contributed by atoms with van der Waals surface area (Å²) < 4.78 is 65.6. The van der Waals surface area contributed by atoms with Crippen LogP contribution in [0.4, 0.5) is 17.6 Å². The van der Waals surface area contributed by atoms with Crippen LogP contribution in [0.15, 0.2) is 30.3 Å². The van der Waals surface area contributed by atoms with Crippen LogP contribution in [0.3, 0.4) is 0 Å². The molecule has 0 amide bonds. The predicted molar refractivity (Wildman–Crippen MR) is 103 cm³/mol. The molecule has 0 bridgehead atoms. The molecule has 29 heavy (non-hydrogen) atoms. The first-order valence-electron chi connectivity index (χ1n) is 8.65. The van der Waals surface area contributed by atoms with Crippen LogP contribution in [-0.4, -0.2) is 16.1 Å². The van der Waals surface area contributed by atoms with Crippen LogP contribution < -0.4 is 4.74 Å². The van der Waals surface area contributed by atoms with Crippen molar-refractivity contribution in [3.05, 3.63) is 68.8 Å². The maximum Gasteiger partial charge on any atom is 0.191 e. The zero-order valence-electron chi connectivity index (χ0n) is 15.0. The Bertz CT molecular complexity index is 989. The minimum Gasteiger partial charge on any atom is -0.483 e. The number of aliphatic hydroxyl groups is 1. The van der Waals surface area contributed by atoms with Crippen LogP contribution in [0.5, 0.6) is 5.75 Å². The number of hydrogen-bond donors (Lipinski definition) is 1. The fourth-order valence-corrected chi connectivity index (χ4v) is 3.70. The third kappa shape index (κ3) is 4.88. The summed E-state index contributed by atoms with van der Waals surface area (Å²) in [5.41, 5.74) is 0.815. The van der Waals surface area contributed by atoms with Crippen molar-refractivity contribution in [2.45, 2.75) is 26.1 Å². The zero-order chi connectivity index (χ0) is 21.0. The van der Waals surface area contributed by atoms with E-state index in [9.17, 15) is 17.6 Å². The summed E-state index contributed by atoms with van der Waals surface area (Å²) in [7, 11) is 0. The highest BCUT2D eigenvalue weighted by Gasteiger charge is 2.21. The number of alkyl halides is 1. The molecule has 0 spiro atoms. The maximum atomic E-state index is 14.3. The van der Waals surface area contributed by atoms with Crippen molar-refractivity contribution < 1.29 is 27.4 Å². The van der Waals surface area contributed by atoms with Gasteiger partial charge in [-0.15, -0.1) is 0 Å². The Morgan fingerprint density at radius 2 is 1.79 bits per heavy atom. The standard InChI is InChI=1S/C20H16ClF4NO2S/c21-12-3-4-13(15(23)8-12)19-14(18(9-22)29-26-19)10-28-20-16(24)6-11(2-1-5-27)7-17(20)25/h3-4,6-8,27H,1-2,5,9-10H2. The monoisotopic (exact) mass is 445 g/mol. The molecule has 154 valence electrons. The first kappa shape index (κ1) is 21.5. The number of rotatable bonds is 8. The van der Waals surface area contributed by atoms with Crippen molar-refractivity contribution in [1.82, 2.24) is 4.37 Å². The smallest absolute Gasteiger partial charge is 0.191 e. The lowest BCUT2D eigenvalue weighted by Gasteiger charge is -2.12. The Hall–Kier alpha value is -2.16. The number of aliphatic hydroxyl groups excluding tert-OH is 1. The van der Waals surface area contributed by atoms with Gasteiger partial charge in [0.05, 0.1) is 10.6 Å². The molecule has 3 nitrogen and oxygen atoms in total. The Labute approximate surface area is 173 Å². The molecule has 0 aliphatic heterocycles. The summed E-state index contributed by atoms with van der Waals surface area (Å²) in [6, 6.07) is 6.20. The summed E-state index contributed by atoms with van der Waals surface area (Å²) >= 11 is 6.58. The van der Waals surface area contributed by atoms with E-state index in [0.29, 0.717) is 18.4 Å². The Morgan fingerprint density at radius 3 is 2.41 bits per heavy atom. The number of aryl methyl sites for hydroxylation is 1. The second-order valence-electron chi connectivity index (χ2n) is 6.20. The normalized spacial score (nSPS) is 11.1. The molecule has 0 saturated heterocycles. The highest BCUT2D eigenvalue weighted by Crippen LogP contribution is 2.34. The first-order valence-corrected chi connectivity index (χ1v) is 9.80. The van der Waals surface area contributed by atoms with Crippen molar-refractivity contribution in [3.8, 4) is 17.0 Å². The van der Waals surface area contributed by atoms with Crippen LogP contribution >= 0.6 is 23.1 Å². The second-order valence-corrected chi connectivity index (χ2v) is 7.49. The van der Waals surface area contributed by atoms with Crippen LogP contribution in [0.25, 0.3) is 11.3 Å². The van der Waals surface area contributed by atoms with Gasteiger partial charge in [-0.1, -0.05) is 11.6 Å². The van der Waals surface area contributed by atoms with Crippen LogP contribution in [-0.2, 0) is 19.7 Å². The minimum atomic E-state index is -0.915. The average Bonchev–Trinajstić information content (AvgIpc) is 3.08. The summed E-state index contributed by atoms with van der Waals surface area (Å²) in [4.78, 5) is 0.176. The summed E-state index contributed by atoms with van der Waals surface area (Å²) in [6.45, 7) is -1.36. The molecule has 0 saturated carbocycles. The third-order valence-corrected chi connectivity index (χ3v) is 5.30. The van der Waals surface area contributed by atoms with Crippen LogP contribution in [0.1, 0.15) is 22.4 Å². The molecule has 1 aromatic heterocycles. The quantitative estimate of drug-likeness (QED) is 0.442. The third-order valence-electron chi connectivity index (χ3n) is 4.22. The van der Waals surface area contributed by atoms with Gasteiger partial charge in [0.15, 0.2) is 17.4 Å².